The largest absolute Gasteiger partial charge is 0.394 e. The number of amides is 2. The van der Waals surface area contributed by atoms with Crippen LogP contribution in [0.4, 0.5) is 0 Å². The molecule has 2 N–H and O–H groups in total. The van der Waals surface area contributed by atoms with Crippen LogP contribution in [0.1, 0.15) is 38.3 Å². The maximum absolute atomic E-state index is 13.3. The van der Waals surface area contributed by atoms with Gasteiger partial charge >= 0.3 is 0 Å². The molecule has 2 heterocycles. The Hall–Kier alpha value is -2.90. The molecule has 1 fully saturated rings. The monoisotopic (exact) mass is 484 g/mol. The van der Waals surface area contributed by atoms with Crippen LogP contribution in [0, 0.1) is 5.92 Å². The molecule has 3 rings (SSSR count). The molecular weight excluding hydrogens is 452 g/mol. The number of hydrogen-bond acceptors (Lipinski definition) is 5. The van der Waals surface area contributed by atoms with E-state index < -0.39 is 12.1 Å². The summed E-state index contributed by atoms with van der Waals surface area (Å²) < 4.78 is 0. The number of aliphatic hydroxyl groups excluding tert-OH is 1. The summed E-state index contributed by atoms with van der Waals surface area (Å²) in [5, 5.41) is 13.5. The number of halogens is 1. The first-order valence-electron chi connectivity index (χ1n) is 11.6. The van der Waals surface area contributed by atoms with E-state index in [0.717, 1.165) is 17.5 Å². The Labute approximate surface area is 206 Å². The standard InChI is InChI=1S/C26H33ClN4O3/c1-5-30(4)24(17(2)3)26(34)31-15-7-9-22(31)25(33)29-21(16-32)18-10-12-19(13-11-18)23-20(27)8-6-14-28-23/h5-6,8,10-14,17,21-22,24,32H,1,7,9,15-16H2,2-4H3,(H,29,33)/t21-,22-,24-/m0/s1. The second-order valence-corrected chi connectivity index (χ2v) is 9.33. The van der Waals surface area contributed by atoms with Gasteiger partial charge in [-0.2, -0.15) is 0 Å². The van der Waals surface area contributed by atoms with Gasteiger partial charge in [0.2, 0.25) is 11.8 Å². The fourth-order valence-corrected chi connectivity index (χ4v) is 4.72. The van der Waals surface area contributed by atoms with Crippen LogP contribution >= 0.6 is 11.6 Å². The minimum Gasteiger partial charge on any atom is -0.394 e. The second kappa shape index (κ2) is 11.5. The molecule has 34 heavy (non-hydrogen) atoms. The van der Waals surface area contributed by atoms with Gasteiger partial charge in [-0.3, -0.25) is 14.6 Å². The third kappa shape index (κ3) is 5.59. The summed E-state index contributed by atoms with van der Waals surface area (Å²) in [6, 6.07) is 9.42. The van der Waals surface area contributed by atoms with E-state index in [1.807, 2.05) is 45.2 Å². The van der Waals surface area contributed by atoms with Crippen molar-refractivity contribution in [2.45, 2.75) is 44.8 Å². The van der Waals surface area contributed by atoms with Crippen molar-refractivity contribution in [1.82, 2.24) is 20.1 Å². The first-order valence-corrected chi connectivity index (χ1v) is 11.9. The quantitative estimate of drug-likeness (QED) is 0.567. The van der Waals surface area contributed by atoms with Gasteiger partial charge in [-0.25, -0.2) is 0 Å². The number of likely N-dealkylation sites (N-methyl/N-ethyl adjacent to an activating group) is 1. The Morgan fingerprint density at radius 1 is 1.32 bits per heavy atom. The lowest BCUT2D eigenvalue weighted by atomic mass is 10.0. The van der Waals surface area contributed by atoms with E-state index in [4.69, 9.17) is 11.6 Å². The molecule has 2 aromatic rings. The molecule has 0 radical (unpaired) electrons. The Kier molecular flexibility index (Phi) is 8.69. The van der Waals surface area contributed by atoms with Crippen LogP contribution in [0.15, 0.2) is 55.4 Å². The van der Waals surface area contributed by atoms with Crippen LogP contribution in [-0.2, 0) is 9.59 Å². The lowest BCUT2D eigenvalue weighted by Gasteiger charge is -2.35. The van der Waals surface area contributed by atoms with E-state index in [-0.39, 0.29) is 30.4 Å². The molecule has 0 saturated carbocycles. The van der Waals surface area contributed by atoms with Crippen molar-refractivity contribution in [2.75, 3.05) is 20.2 Å². The lowest BCUT2D eigenvalue weighted by Crippen LogP contribution is -2.54. The van der Waals surface area contributed by atoms with Gasteiger partial charge in [0.05, 0.1) is 23.4 Å². The highest BCUT2D eigenvalue weighted by Gasteiger charge is 2.39. The summed E-state index contributed by atoms with van der Waals surface area (Å²) in [4.78, 5) is 34.3. The molecule has 0 bridgehead atoms. The third-order valence-corrected chi connectivity index (χ3v) is 6.60. The average Bonchev–Trinajstić information content (AvgIpc) is 3.33. The van der Waals surface area contributed by atoms with Gasteiger partial charge < -0.3 is 20.2 Å². The number of nitrogens with zero attached hydrogens (tertiary/aromatic N) is 3. The number of hydrogen-bond donors (Lipinski definition) is 2. The number of rotatable bonds is 9. The first kappa shape index (κ1) is 25.7. The average molecular weight is 485 g/mol. The predicted molar refractivity (Wildman–Crippen MR) is 134 cm³/mol. The lowest BCUT2D eigenvalue weighted by molar-refractivity contribution is -0.143. The number of likely N-dealkylation sites (tertiary alicyclic amines) is 1. The van der Waals surface area contributed by atoms with E-state index in [1.165, 1.54) is 0 Å². The predicted octanol–water partition coefficient (Wildman–Crippen LogP) is 3.64. The zero-order chi connectivity index (χ0) is 24.8. The number of pyridine rings is 1. The summed E-state index contributed by atoms with van der Waals surface area (Å²) in [5.74, 6) is -0.270. The zero-order valence-electron chi connectivity index (χ0n) is 19.9. The molecule has 1 saturated heterocycles. The minimum absolute atomic E-state index is 0.0659. The Morgan fingerprint density at radius 3 is 2.62 bits per heavy atom. The van der Waals surface area contributed by atoms with E-state index in [2.05, 4.69) is 16.9 Å². The minimum atomic E-state index is -0.588. The molecule has 7 nitrogen and oxygen atoms in total. The van der Waals surface area contributed by atoms with Crippen LogP contribution in [0.2, 0.25) is 5.02 Å². The highest BCUT2D eigenvalue weighted by molar-refractivity contribution is 6.33. The molecule has 1 aromatic carbocycles. The topological polar surface area (TPSA) is 85.8 Å². The van der Waals surface area contributed by atoms with Crippen LogP contribution in [-0.4, -0.2) is 64.0 Å². The summed E-state index contributed by atoms with van der Waals surface area (Å²) in [5.41, 5.74) is 2.27. The smallest absolute Gasteiger partial charge is 0.246 e. The number of nitrogens with one attached hydrogen (secondary N) is 1. The molecule has 0 unspecified atom stereocenters. The van der Waals surface area contributed by atoms with Gasteiger partial charge in [-0.05, 0) is 42.7 Å². The normalized spacial score (nSPS) is 17.4. The number of carbonyl (C=O) groups excluding carboxylic acids is 2. The van der Waals surface area contributed by atoms with Crippen LogP contribution < -0.4 is 5.32 Å². The molecular formula is C26H33ClN4O3. The van der Waals surface area contributed by atoms with Gasteiger partial charge in [0.15, 0.2) is 0 Å². The van der Waals surface area contributed by atoms with Crippen molar-refractivity contribution in [3.63, 3.8) is 0 Å². The van der Waals surface area contributed by atoms with Crippen LogP contribution in [0.25, 0.3) is 11.3 Å². The zero-order valence-corrected chi connectivity index (χ0v) is 20.7. The van der Waals surface area contributed by atoms with Gasteiger partial charge in [-0.1, -0.05) is 56.3 Å². The number of aromatic nitrogens is 1. The summed E-state index contributed by atoms with van der Waals surface area (Å²) >= 11 is 6.24. The molecule has 2 amide bonds. The Bertz CT molecular complexity index is 1010. The van der Waals surface area contributed by atoms with Crippen LogP contribution in [0.5, 0.6) is 0 Å². The third-order valence-electron chi connectivity index (χ3n) is 6.29. The molecule has 3 atom stereocenters. The summed E-state index contributed by atoms with van der Waals surface area (Å²) in [6.45, 7) is 8.02. The van der Waals surface area contributed by atoms with Crippen molar-refractivity contribution in [3.8, 4) is 11.3 Å². The van der Waals surface area contributed by atoms with E-state index in [1.54, 1.807) is 34.3 Å². The maximum Gasteiger partial charge on any atom is 0.246 e. The highest BCUT2D eigenvalue weighted by atomic mass is 35.5. The molecule has 182 valence electrons. The van der Waals surface area contributed by atoms with E-state index >= 15 is 0 Å². The van der Waals surface area contributed by atoms with Gasteiger partial charge in [0.1, 0.15) is 12.1 Å². The summed E-state index contributed by atoms with van der Waals surface area (Å²) in [7, 11) is 1.82. The SMILES string of the molecule is C=CN(C)[C@H](C(=O)N1CCC[C@H]1C(=O)N[C@@H](CO)c1ccc(-c2ncccc2Cl)cc1)C(C)C. The van der Waals surface area contributed by atoms with E-state index in [0.29, 0.717) is 23.7 Å². The van der Waals surface area contributed by atoms with Crippen LogP contribution in [0.3, 0.4) is 0 Å². The highest BCUT2D eigenvalue weighted by Crippen LogP contribution is 2.27. The van der Waals surface area contributed by atoms with Crippen molar-refractivity contribution >= 4 is 23.4 Å². The van der Waals surface area contributed by atoms with Crippen molar-refractivity contribution < 1.29 is 14.7 Å². The first-order chi connectivity index (χ1) is 16.3. The molecule has 1 aliphatic rings. The molecule has 0 aliphatic carbocycles. The van der Waals surface area contributed by atoms with Crippen molar-refractivity contribution in [2.24, 2.45) is 5.92 Å². The van der Waals surface area contributed by atoms with E-state index in [9.17, 15) is 14.7 Å². The van der Waals surface area contributed by atoms with Gasteiger partial charge in [0, 0.05) is 25.4 Å². The fourth-order valence-electron chi connectivity index (χ4n) is 4.49. The summed E-state index contributed by atoms with van der Waals surface area (Å²) in [6.07, 6.45) is 4.67. The number of aliphatic hydroxyl groups is 1. The molecule has 0 spiro atoms. The van der Waals surface area contributed by atoms with Gasteiger partial charge in [0.25, 0.3) is 0 Å². The fraction of sp³-hybridized carbons (Fsp3) is 0.423. The number of benzene rings is 1. The molecule has 8 heteroatoms. The van der Waals surface area contributed by atoms with Crippen molar-refractivity contribution in [1.29, 1.82) is 0 Å². The number of carbonyl (C=O) groups is 2. The second-order valence-electron chi connectivity index (χ2n) is 8.93. The molecule has 1 aliphatic heterocycles. The van der Waals surface area contributed by atoms with Gasteiger partial charge in [-0.15, -0.1) is 0 Å². The Balaban J connectivity index is 1.73. The molecule has 1 aromatic heterocycles. The van der Waals surface area contributed by atoms with Crippen molar-refractivity contribution in [3.05, 3.63) is 66.0 Å². The maximum atomic E-state index is 13.3. The Morgan fingerprint density at radius 2 is 2.03 bits per heavy atom.